The molecule has 2 amide bonds. The minimum atomic E-state index is -0.943. The zero-order chi connectivity index (χ0) is 20.6. The van der Waals surface area contributed by atoms with Gasteiger partial charge in [0.25, 0.3) is 5.91 Å². The molecule has 0 aliphatic carbocycles. The second-order valence-electron chi connectivity index (χ2n) is 8.06. The van der Waals surface area contributed by atoms with Crippen molar-refractivity contribution in [2.45, 2.75) is 32.4 Å². The Morgan fingerprint density at radius 2 is 1.72 bits per heavy atom. The van der Waals surface area contributed by atoms with E-state index in [1.54, 1.807) is 18.7 Å². The average Bonchev–Trinajstić information content (AvgIpc) is 2.72. The first-order valence-corrected chi connectivity index (χ1v) is 9.94. The van der Waals surface area contributed by atoms with E-state index in [2.05, 4.69) is 42.6 Å². The van der Waals surface area contributed by atoms with Crippen molar-refractivity contribution in [3.8, 4) is 0 Å². The summed E-state index contributed by atoms with van der Waals surface area (Å²) < 4.78 is 0. The number of benzene rings is 3. The second kappa shape index (κ2) is 7.33. The van der Waals surface area contributed by atoms with Crippen molar-refractivity contribution in [1.29, 1.82) is 0 Å². The Morgan fingerprint density at radius 1 is 1.03 bits per heavy atom. The highest BCUT2D eigenvalue weighted by Crippen LogP contribution is 2.36. The van der Waals surface area contributed by atoms with Gasteiger partial charge in [0.15, 0.2) is 6.54 Å². The lowest BCUT2D eigenvalue weighted by Crippen LogP contribution is -2.87. The Hall–Kier alpha value is -3.18. The number of quaternary nitrogens is 1. The molecule has 0 radical (unpaired) electrons. The largest absolute Gasteiger partial charge is 0.332 e. The highest BCUT2D eigenvalue weighted by molar-refractivity contribution is 6.14. The van der Waals surface area contributed by atoms with Crippen molar-refractivity contribution >= 4 is 34.0 Å². The lowest BCUT2D eigenvalue weighted by atomic mass is 9.96. The van der Waals surface area contributed by atoms with Gasteiger partial charge in [0.2, 0.25) is 5.91 Å². The zero-order valence-corrected chi connectivity index (χ0v) is 17.0. The molecule has 5 nitrogen and oxygen atoms in total. The standard InChI is InChI=1S/C24H25N3O2/c1-16(18-12-8-10-17-9-4-5-11-19(17)18)25-15-22(28)27-21-14-7-6-13-20(21)26-23(29)24(27,2)3/h4-14,16,25H,15H2,1-3H3,(H,26,29)/p+1/t16-/m0/s1. The number of carbonyl (C=O) groups is 2. The summed E-state index contributed by atoms with van der Waals surface area (Å²) in [5.41, 5.74) is 1.68. The summed E-state index contributed by atoms with van der Waals surface area (Å²) in [5, 5.41) is 7.34. The van der Waals surface area contributed by atoms with E-state index in [1.165, 1.54) is 16.3 Å². The number of hydrogen-bond donors (Lipinski definition) is 2. The molecule has 0 spiro atoms. The fraction of sp³-hybridized carbons (Fsp3) is 0.250. The van der Waals surface area contributed by atoms with Crippen molar-refractivity contribution in [2.24, 2.45) is 0 Å². The molecule has 5 heteroatoms. The first-order chi connectivity index (χ1) is 13.9. The van der Waals surface area contributed by atoms with Crippen LogP contribution in [0.2, 0.25) is 0 Å². The van der Waals surface area contributed by atoms with Crippen LogP contribution in [0.25, 0.3) is 10.8 Å². The van der Waals surface area contributed by atoms with Crippen LogP contribution in [0.5, 0.6) is 0 Å². The van der Waals surface area contributed by atoms with Crippen LogP contribution in [-0.2, 0) is 9.59 Å². The molecule has 1 atom stereocenters. The fourth-order valence-electron chi connectivity index (χ4n) is 4.04. The van der Waals surface area contributed by atoms with Crippen LogP contribution in [-0.4, -0.2) is 23.9 Å². The first kappa shape index (κ1) is 19.2. The van der Waals surface area contributed by atoms with Gasteiger partial charge in [0, 0.05) is 5.56 Å². The lowest BCUT2D eigenvalue weighted by Gasteiger charge is -2.41. The van der Waals surface area contributed by atoms with Gasteiger partial charge in [-0.3, -0.25) is 14.5 Å². The van der Waals surface area contributed by atoms with Gasteiger partial charge in [0.1, 0.15) is 11.6 Å². The minimum absolute atomic E-state index is 0.0793. The topological polar surface area (TPSA) is 66.0 Å². The predicted octanol–water partition coefficient (Wildman–Crippen LogP) is 3.23. The summed E-state index contributed by atoms with van der Waals surface area (Å²) in [5.74, 6) is -0.254. The van der Waals surface area contributed by atoms with Gasteiger partial charge in [-0.1, -0.05) is 54.6 Å². The Bertz CT molecular complexity index is 1080. The molecular weight excluding hydrogens is 362 g/mol. The first-order valence-electron chi connectivity index (χ1n) is 9.94. The molecule has 29 heavy (non-hydrogen) atoms. The molecule has 0 saturated carbocycles. The van der Waals surface area contributed by atoms with Gasteiger partial charge in [-0.15, -0.1) is 0 Å². The maximum atomic E-state index is 13.2. The van der Waals surface area contributed by atoms with E-state index < -0.39 is 5.54 Å². The molecule has 1 aliphatic rings. The molecule has 148 valence electrons. The minimum Gasteiger partial charge on any atom is -0.332 e. The van der Waals surface area contributed by atoms with Crippen LogP contribution >= 0.6 is 0 Å². The van der Waals surface area contributed by atoms with Crippen molar-refractivity contribution in [2.75, 3.05) is 16.8 Å². The third kappa shape index (κ3) is 3.38. The van der Waals surface area contributed by atoms with E-state index in [-0.39, 0.29) is 24.4 Å². The van der Waals surface area contributed by atoms with Crippen LogP contribution in [0.15, 0.2) is 66.7 Å². The maximum absolute atomic E-state index is 13.2. The zero-order valence-electron chi connectivity index (χ0n) is 17.0. The van der Waals surface area contributed by atoms with E-state index in [1.807, 2.05) is 41.7 Å². The number of carbonyl (C=O) groups excluding carboxylic acids is 2. The van der Waals surface area contributed by atoms with E-state index in [9.17, 15) is 9.59 Å². The van der Waals surface area contributed by atoms with Crippen LogP contribution in [0.4, 0.5) is 11.4 Å². The maximum Gasteiger partial charge on any atom is 0.283 e. The van der Waals surface area contributed by atoms with E-state index >= 15 is 0 Å². The van der Waals surface area contributed by atoms with Gasteiger partial charge >= 0.3 is 0 Å². The number of fused-ring (bicyclic) bond motifs is 2. The van der Waals surface area contributed by atoms with E-state index in [0.717, 1.165) is 5.69 Å². The molecule has 4 rings (SSSR count). The number of para-hydroxylation sites is 2. The molecule has 3 N–H and O–H groups in total. The summed E-state index contributed by atoms with van der Waals surface area (Å²) >= 11 is 0. The lowest BCUT2D eigenvalue weighted by molar-refractivity contribution is -0.682. The van der Waals surface area contributed by atoms with Gasteiger partial charge in [0.05, 0.1) is 11.4 Å². The van der Waals surface area contributed by atoms with Crippen molar-refractivity contribution < 1.29 is 14.9 Å². The quantitative estimate of drug-likeness (QED) is 0.721. The average molecular weight is 388 g/mol. The third-order valence-corrected chi connectivity index (χ3v) is 5.72. The Balaban J connectivity index is 1.57. The molecule has 0 fully saturated rings. The number of amides is 2. The van der Waals surface area contributed by atoms with E-state index in [4.69, 9.17) is 0 Å². The summed E-state index contributed by atoms with van der Waals surface area (Å²) in [6.07, 6.45) is 0. The number of rotatable bonds is 4. The van der Waals surface area contributed by atoms with Crippen molar-refractivity contribution in [1.82, 2.24) is 0 Å². The van der Waals surface area contributed by atoms with Crippen LogP contribution in [0, 0.1) is 0 Å². The van der Waals surface area contributed by atoms with E-state index in [0.29, 0.717) is 5.69 Å². The number of hydrogen-bond acceptors (Lipinski definition) is 2. The van der Waals surface area contributed by atoms with Gasteiger partial charge in [-0.05, 0) is 43.7 Å². The van der Waals surface area contributed by atoms with Crippen molar-refractivity contribution in [3.63, 3.8) is 0 Å². The summed E-state index contributed by atoms with van der Waals surface area (Å²) in [6, 6.07) is 22.1. The van der Waals surface area contributed by atoms with Gasteiger partial charge < -0.3 is 10.6 Å². The molecule has 0 aromatic heterocycles. The van der Waals surface area contributed by atoms with Crippen LogP contribution in [0.3, 0.4) is 0 Å². The normalized spacial score (nSPS) is 16.2. The number of nitrogens with zero attached hydrogens (tertiary/aromatic N) is 1. The second-order valence-corrected chi connectivity index (χ2v) is 8.06. The molecular formula is C24H26N3O2+. The highest BCUT2D eigenvalue weighted by atomic mass is 16.2. The Morgan fingerprint density at radius 3 is 2.55 bits per heavy atom. The molecule has 3 aromatic carbocycles. The molecule has 1 heterocycles. The smallest absolute Gasteiger partial charge is 0.283 e. The Kier molecular flexibility index (Phi) is 4.84. The third-order valence-electron chi connectivity index (χ3n) is 5.72. The monoisotopic (exact) mass is 388 g/mol. The van der Waals surface area contributed by atoms with Gasteiger partial charge in [-0.2, -0.15) is 0 Å². The van der Waals surface area contributed by atoms with Crippen LogP contribution < -0.4 is 15.5 Å². The number of nitrogens with two attached hydrogens (primary N) is 1. The predicted molar refractivity (Wildman–Crippen MR) is 116 cm³/mol. The fourth-order valence-corrected chi connectivity index (χ4v) is 4.04. The summed E-state index contributed by atoms with van der Waals surface area (Å²) in [6.45, 7) is 5.93. The van der Waals surface area contributed by atoms with Crippen molar-refractivity contribution in [3.05, 3.63) is 72.3 Å². The highest BCUT2D eigenvalue weighted by Gasteiger charge is 2.43. The summed E-state index contributed by atoms with van der Waals surface area (Å²) in [7, 11) is 0. The number of anilines is 2. The molecule has 1 aliphatic heterocycles. The van der Waals surface area contributed by atoms with Crippen LogP contribution in [0.1, 0.15) is 32.4 Å². The Labute approximate surface area is 170 Å². The number of nitrogens with one attached hydrogen (secondary N) is 1. The molecule has 0 saturated heterocycles. The summed E-state index contributed by atoms with van der Waals surface area (Å²) in [4.78, 5) is 27.5. The molecule has 3 aromatic rings. The molecule has 0 bridgehead atoms. The molecule has 0 unspecified atom stereocenters. The van der Waals surface area contributed by atoms with Gasteiger partial charge in [-0.25, -0.2) is 0 Å². The SMILES string of the molecule is C[C@H]([NH2+]CC(=O)N1c2ccccc2NC(=O)C1(C)C)c1cccc2ccccc12.